The van der Waals surface area contributed by atoms with Crippen molar-refractivity contribution in [3.8, 4) is 5.75 Å². The van der Waals surface area contributed by atoms with Gasteiger partial charge in [0, 0.05) is 11.3 Å². The van der Waals surface area contributed by atoms with Crippen LogP contribution in [0.2, 0.25) is 0 Å². The number of ketones is 1. The second-order valence-corrected chi connectivity index (χ2v) is 10.2. The van der Waals surface area contributed by atoms with E-state index in [4.69, 9.17) is 4.99 Å². The first-order chi connectivity index (χ1) is 16.6. The summed E-state index contributed by atoms with van der Waals surface area (Å²) in [6.07, 6.45) is 2.08. The number of phenols is 1. The average molecular weight is 486 g/mol. The van der Waals surface area contributed by atoms with E-state index in [1.807, 2.05) is 66.7 Å². The summed E-state index contributed by atoms with van der Waals surface area (Å²) in [5.74, 6) is -0.107. The van der Waals surface area contributed by atoms with Gasteiger partial charge in [-0.25, -0.2) is 4.99 Å². The minimum absolute atomic E-state index is 0.114. The molecule has 3 aromatic carbocycles. The van der Waals surface area contributed by atoms with Gasteiger partial charge in [0.05, 0.1) is 16.7 Å². The van der Waals surface area contributed by atoms with E-state index < -0.39 is 5.54 Å². The van der Waals surface area contributed by atoms with Gasteiger partial charge in [-0.2, -0.15) is 0 Å². The molecule has 0 saturated carbocycles. The molecular weight excluding hydrogens is 466 g/mol. The van der Waals surface area contributed by atoms with Crippen LogP contribution in [0.4, 0.5) is 5.69 Å². The van der Waals surface area contributed by atoms with Gasteiger partial charge in [-0.1, -0.05) is 72.4 Å². The van der Waals surface area contributed by atoms with Crippen LogP contribution in [0.5, 0.6) is 5.75 Å². The van der Waals surface area contributed by atoms with Crippen LogP contribution in [0.15, 0.2) is 89.9 Å². The molecule has 1 amide bonds. The predicted molar refractivity (Wildman–Crippen MR) is 136 cm³/mol. The van der Waals surface area contributed by atoms with E-state index in [-0.39, 0.29) is 28.4 Å². The lowest BCUT2D eigenvalue weighted by molar-refractivity contribution is -0.133. The number of rotatable bonds is 2. The van der Waals surface area contributed by atoms with Crippen molar-refractivity contribution in [3.05, 3.63) is 102 Å². The minimum atomic E-state index is -1.44. The third-order valence-electron chi connectivity index (χ3n) is 6.15. The number of nitrogens with zero attached hydrogens (tertiary/aromatic N) is 2. The number of anilines is 1. The number of nitrogens with one attached hydrogen (secondary N) is 1. The Hall–Kier alpha value is -3.49. The highest BCUT2D eigenvalue weighted by Gasteiger charge is 2.62. The second kappa shape index (κ2) is 8.07. The summed E-state index contributed by atoms with van der Waals surface area (Å²) in [5, 5.41) is 13.1. The van der Waals surface area contributed by atoms with Gasteiger partial charge in [0.2, 0.25) is 5.54 Å². The molecule has 6 nitrogen and oxygen atoms in total. The predicted octanol–water partition coefficient (Wildman–Crippen LogP) is 4.96. The van der Waals surface area contributed by atoms with Crippen molar-refractivity contribution in [1.29, 1.82) is 0 Å². The molecule has 0 radical (unpaired) electrons. The summed E-state index contributed by atoms with van der Waals surface area (Å²) < 4.78 is 1.80. The van der Waals surface area contributed by atoms with Gasteiger partial charge >= 0.3 is 0 Å². The number of aromatic hydroxyl groups is 1. The van der Waals surface area contributed by atoms with E-state index in [2.05, 4.69) is 11.4 Å². The number of hydrogen-bond acceptors (Lipinski definition) is 7. The number of Topliss-reactive ketones (excluding diaryl/α,β-unsaturated/α-hetero) is 1. The Morgan fingerprint density at radius 3 is 2.50 bits per heavy atom. The maximum absolute atomic E-state index is 13.4. The van der Waals surface area contributed by atoms with Crippen molar-refractivity contribution < 1.29 is 14.7 Å². The highest BCUT2D eigenvalue weighted by Crippen LogP contribution is 2.52. The van der Waals surface area contributed by atoms with Crippen molar-refractivity contribution in [2.24, 2.45) is 4.99 Å². The molecule has 168 valence electrons. The summed E-state index contributed by atoms with van der Waals surface area (Å²) in [7, 11) is 0. The van der Waals surface area contributed by atoms with Crippen molar-refractivity contribution in [2.75, 3.05) is 11.1 Å². The van der Waals surface area contributed by atoms with Crippen LogP contribution in [0.25, 0.3) is 5.70 Å². The summed E-state index contributed by atoms with van der Waals surface area (Å²) in [4.78, 5) is 31.7. The number of aliphatic imine (C=N–C) groups is 1. The normalized spacial score (nSPS) is 23.5. The Labute approximate surface area is 204 Å². The second-order valence-electron chi connectivity index (χ2n) is 8.14. The lowest BCUT2D eigenvalue weighted by Crippen LogP contribution is -2.51. The number of phenolic OH excluding ortho intramolecular Hbond substituents is 1. The fourth-order valence-corrected chi connectivity index (χ4v) is 6.98. The summed E-state index contributed by atoms with van der Waals surface area (Å²) in [5.41, 5.74) is 2.59. The molecule has 8 heteroatoms. The molecule has 0 bridgehead atoms. The van der Waals surface area contributed by atoms with E-state index >= 15 is 0 Å². The van der Waals surface area contributed by atoms with Crippen molar-refractivity contribution in [3.63, 3.8) is 0 Å². The standard InChI is InChI=1S/C26H19N3O3S2/c30-18-12-10-17(11-13-18)22-14-21(16-6-2-1-3-7-16)28-25(34-22)29-26(23(31)15-33-29)19-8-4-5-9-20(19)27-24(26)32/h1-14,22,30H,15H2,(H,27,32). The first-order valence-corrected chi connectivity index (χ1v) is 12.6. The third-order valence-corrected chi connectivity index (χ3v) is 8.51. The molecule has 1 saturated heterocycles. The SMILES string of the molecule is O=C1CSN(C2=NC(c3ccccc3)=CC(c3ccc(O)cc3)S2)C12C(=O)Nc1ccccc12. The molecule has 1 spiro atoms. The van der Waals surface area contributed by atoms with E-state index in [1.54, 1.807) is 16.4 Å². The van der Waals surface area contributed by atoms with Crippen LogP contribution in [-0.4, -0.2) is 32.0 Å². The molecule has 1 fully saturated rings. The van der Waals surface area contributed by atoms with Crippen LogP contribution in [0.1, 0.15) is 21.9 Å². The number of amidine groups is 1. The lowest BCUT2D eigenvalue weighted by atomic mass is 9.87. The fraction of sp³-hybridized carbons (Fsp3) is 0.115. The monoisotopic (exact) mass is 485 g/mol. The van der Waals surface area contributed by atoms with Gasteiger partial charge in [0.25, 0.3) is 5.91 Å². The first-order valence-electron chi connectivity index (χ1n) is 10.8. The number of fused-ring (bicyclic) bond motifs is 2. The molecule has 3 heterocycles. The topological polar surface area (TPSA) is 82.0 Å². The van der Waals surface area contributed by atoms with Gasteiger partial charge in [-0.15, -0.1) is 0 Å². The minimum Gasteiger partial charge on any atom is -0.508 e. The van der Waals surface area contributed by atoms with Crippen LogP contribution < -0.4 is 5.32 Å². The summed E-state index contributed by atoms with van der Waals surface area (Å²) >= 11 is 2.81. The maximum Gasteiger partial charge on any atom is 0.263 e. The average Bonchev–Trinajstić information content (AvgIpc) is 3.37. The molecule has 3 aromatic rings. The first kappa shape index (κ1) is 21.1. The number of carbonyl (C=O) groups is 2. The molecule has 2 unspecified atom stereocenters. The van der Waals surface area contributed by atoms with E-state index in [0.29, 0.717) is 16.4 Å². The third kappa shape index (κ3) is 3.17. The zero-order chi connectivity index (χ0) is 23.3. The van der Waals surface area contributed by atoms with Crippen molar-refractivity contribution >= 4 is 52.0 Å². The number of benzene rings is 3. The zero-order valence-corrected chi connectivity index (χ0v) is 19.5. The number of hydrogen-bond donors (Lipinski definition) is 2. The van der Waals surface area contributed by atoms with Crippen LogP contribution >= 0.6 is 23.7 Å². The van der Waals surface area contributed by atoms with Gasteiger partial charge in [0.15, 0.2) is 11.0 Å². The lowest BCUT2D eigenvalue weighted by Gasteiger charge is -2.34. The molecule has 6 rings (SSSR count). The van der Waals surface area contributed by atoms with E-state index in [1.165, 1.54) is 23.7 Å². The summed E-state index contributed by atoms with van der Waals surface area (Å²) in [6.45, 7) is 0. The number of carbonyl (C=O) groups excluding carboxylic acids is 2. The molecule has 3 aliphatic heterocycles. The van der Waals surface area contributed by atoms with E-state index in [0.717, 1.165) is 16.8 Å². The maximum atomic E-state index is 13.4. The quantitative estimate of drug-likeness (QED) is 0.395. The van der Waals surface area contributed by atoms with Gasteiger partial charge in [-0.3, -0.25) is 13.9 Å². The molecular formula is C26H19N3O3S2. The molecule has 2 atom stereocenters. The molecule has 0 aromatic heterocycles. The largest absolute Gasteiger partial charge is 0.508 e. The molecule has 0 aliphatic carbocycles. The van der Waals surface area contributed by atoms with Crippen LogP contribution in [-0.2, 0) is 15.1 Å². The highest BCUT2D eigenvalue weighted by atomic mass is 32.2. The van der Waals surface area contributed by atoms with Gasteiger partial charge < -0.3 is 10.4 Å². The van der Waals surface area contributed by atoms with Gasteiger partial charge in [-0.05, 0) is 47.3 Å². The smallest absolute Gasteiger partial charge is 0.263 e. The van der Waals surface area contributed by atoms with Crippen molar-refractivity contribution in [1.82, 2.24) is 4.31 Å². The van der Waals surface area contributed by atoms with Crippen LogP contribution in [0.3, 0.4) is 0 Å². The Bertz CT molecular complexity index is 1370. The Morgan fingerprint density at radius 2 is 1.71 bits per heavy atom. The molecule has 2 N–H and O–H groups in total. The Balaban J connectivity index is 1.49. The van der Waals surface area contributed by atoms with E-state index in [9.17, 15) is 14.7 Å². The Morgan fingerprint density at radius 1 is 0.971 bits per heavy atom. The fourth-order valence-electron chi connectivity index (χ4n) is 4.51. The number of amides is 1. The Kier molecular flexibility index (Phi) is 5.00. The summed E-state index contributed by atoms with van der Waals surface area (Å²) in [6, 6.07) is 24.3. The van der Waals surface area contributed by atoms with Crippen molar-refractivity contribution in [2.45, 2.75) is 10.8 Å². The zero-order valence-electron chi connectivity index (χ0n) is 17.8. The number of para-hydroxylation sites is 1. The van der Waals surface area contributed by atoms with Crippen LogP contribution in [0, 0.1) is 0 Å². The molecule has 34 heavy (non-hydrogen) atoms. The highest BCUT2D eigenvalue weighted by molar-refractivity contribution is 8.15. The number of thioether (sulfide) groups is 1. The van der Waals surface area contributed by atoms with Gasteiger partial charge in [0.1, 0.15) is 5.75 Å². The molecule has 3 aliphatic rings.